The Morgan fingerprint density at radius 1 is 1.24 bits per heavy atom. The summed E-state index contributed by atoms with van der Waals surface area (Å²) in [7, 11) is 3.14. The minimum Gasteiger partial charge on any atom is -0.504 e. The number of ether oxygens (including phenoxy) is 1. The first kappa shape index (κ1) is 14.9. The van der Waals surface area contributed by atoms with E-state index in [-0.39, 0.29) is 11.7 Å². The lowest BCUT2D eigenvalue weighted by Crippen LogP contribution is -2.26. The van der Waals surface area contributed by atoms with Gasteiger partial charge in [0.25, 0.3) is 5.91 Å². The quantitative estimate of drug-likeness (QED) is 0.903. The van der Waals surface area contributed by atoms with Crippen molar-refractivity contribution in [2.24, 2.45) is 5.73 Å². The maximum Gasteiger partial charge on any atom is 0.258 e. The molecule has 2 aromatic rings. The molecule has 0 spiro atoms. The van der Waals surface area contributed by atoms with Crippen LogP contribution in [0.2, 0.25) is 0 Å². The number of nitrogens with two attached hydrogens (primary N) is 1. The van der Waals surface area contributed by atoms with E-state index < -0.39 is 0 Å². The van der Waals surface area contributed by atoms with Gasteiger partial charge in [-0.25, -0.2) is 0 Å². The number of carbonyl (C=O) groups is 1. The van der Waals surface area contributed by atoms with Gasteiger partial charge in [0.2, 0.25) is 0 Å². The predicted octanol–water partition coefficient (Wildman–Crippen LogP) is 2.14. The predicted molar refractivity (Wildman–Crippen MR) is 81.7 cm³/mol. The van der Waals surface area contributed by atoms with E-state index in [9.17, 15) is 9.90 Å². The Hall–Kier alpha value is -2.53. The Balaban J connectivity index is 2.23. The summed E-state index contributed by atoms with van der Waals surface area (Å²) in [6, 6.07) is 12.0. The number of anilines is 1. The molecule has 0 saturated heterocycles. The highest BCUT2D eigenvalue weighted by Crippen LogP contribution is 2.27. The Morgan fingerprint density at radius 3 is 2.43 bits per heavy atom. The molecule has 0 aromatic heterocycles. The summed E-state index contributed by atoms with van der Waals surface area (Å²) in [5.74, 6) is 0.0604. The van der Waals surface area contributed by atoms with Crippen LogP contribution < -0.4 is 15.4 Å². The third-order valence-corrected chi connectivity index (χ3v) is 3.29. The highest BCUT2D eigenvalue weighted by molar-refractivity contribution is 6.06. The van der Waals surface area contributed by atoms with E-state index in [2.05, 4.69) is 0 Å². The molecule has 0 unspecified atom stereocenters. The van der Waals surface area contributed by atoms with Crippen molar-refractivity contribution >= 4 is 11.6 Å². The molecular weight excluding hydrogens is 268 g/mol. The minimum atomic E-state index is -0.214. The molecule has 0 fully saturated rings. The Labute approximate surface area is 123 Å². The molecule has 21 heavy (non-hydrogen) atoms. The van der Waals surface area contributed by atoms with Crippen LogP contribution in [0.5, 0.6) is 11.5 Å². The molecule has 0 aliphatic heterocycles. The van der Waals surface area contributed by atoms with Gasteiger partial charge in [-0.05, 0) is 35.9 Å². The van der Waals surface area contributed by atoms with E-state index in [0.29, 0.717) is 17.9 Å². The number of hydrogen-bond donors (Lipinski definition) is 2. The third kappa shape index (κ3) is 3.14. The van der Waals surface area contributed by atoms with E-state index >= 15 is 0 Å². The zero-order valence-corrected chi connectivity index (χ0v) is 12.0. The topological polar surface area (TPSA) is 75.8 Å². The highest BCUT2D eigenvalue weighted by atomic mass is 16.5. The van der Waals surface area contributed by atoms with Crippen molar-refractivity contribution in [1.29, 1.82) is 0 Å². The van der Waals surface area contributed by atoms with Crippen LogP contribution in [0.25, 0.3) is 0 Å². The second-order valence-electron chi connectivity index (χ2n) is 4.62. The number of benzene rings is 2. The van der Waals surface area contributed by atoms with Crippen molar-refractivity contribution in [2.75, 3.05) is 19.1 Å². The van der Waals surface area contributed by atoms with E-state index in [0.717, 1.165) is 11.3 Å². The third-order valence-electron chi connectivity index (χ3n) is 3.29. The molecule has 0 aliphatic carbocycles. The summed E-state index contributed by atoms with van der Waals surface area (Å²) >= 11 is 0. The van der Waals surface area contributed by atoms with Gasteiger partial charge in [-0.1, -0.05) is 12.1 Å². The molecule has 0 heterocycles. The Kier molecular flexibility index (Phi) is 4.45. The fraction of sp³-hybridized carbons (Fsp3) is 0.188. The molecule has 3 N–H and O–H groups in total. The largest absolute Gasteiger partial charge is 0.504 e. The lowest BCUT2D eigenvalue weighted by Gasteiger charge is -2.18. The SMILES string of the molecule is COc1ccc(C(=O)N(C)c2ccc(CN)cc2)cc1O. The normalized spacial score (nSPS) is 10.2. The maximum absolute atomic E-state index is 12.4. The summed E-state index contributed by atoms with van der Waals surface area (Å²) in [5.41, 5.74) is 7.70. The van der Waals surface area contributed by atoms with Gasteiger partial charge >= 0.3 is 0 Å². The number of rotatable bonds is 4. The number of carbonyl (C=O) groups excluding carboxylic acids is 1. The van der Waals surface area contributed by atoms with Crippen molar-refractivity contribution < 1.29 is 14.6 Å². The molecule has 0 atom stereocenters. The number of nitrogens with zero attached hydrogens (tertiary/aromatic N) is 1. The highest BCUT2D eigenvalue weighted by Gasteiger charge is 2.15. The van der Waals surface area contributed by atoms with Crippen LogP contribution in [0.3, 0.4) is 0 Å². The molecule has 2 rings (SSSR count). The van der Waals surface area contributed by atoms with Crippen LogP contribution in [0.4, 0.5) is 5.69 Å². The van der Waals surface area contributed by atoms with Crippen molar-refractivity contribution in [3.05, 3.63) is 53.6 Å². The summed E-state index contributed by atoms with van der Waals surface area (Å²) in [4.78, 5) is 13.9. The Morgan fingerprint density at radius 2 is 1.90 bits per heavy atom. The van der Waals surface area contributed by atoms with E-state index in [1.165, 1.54) is 18.1 Å². The molecule has 1 amide bonds. The molecule has 5 heteroatoms. The molecule has 0 saturated carbocycles. The fourth-order valence-corrected chi connectivity index (χ4v) is 1.99. The van der Waals surface area contributed by atoms with E-state index in [4.69, 9.17) is 10.5 Å². The van der Waals surface area contributed by atoms with Crippen molar-refractivity contribution in [2.45, 2.75) is 6.54 Å². The van der Waals surface area contributed by atoms with Gasteiger partial charge in [-0.2, -0.15) is 0 Å². The first-order chi connectivity index (χ1) is 10.1. The van der Waals surface area contributed by atoms with Gasteiger partial charge in [-0.3, -0.25) is 4.79 Å². The number of methoxy groups -OCH3 is 1. The van der Waals surface area contributed by atoms with Crippen molar-refractivity contribution in [3.63, 3.8) is 0 Å². The van der Waals surface area contributed by atoms with Gasteiger partial charge < -0.3 is 20.5 Å². The molecular formula is C16H18N2O3. The minimum absolute atomic E-state index is 0.0600. The average Bonchev–Trinajstić information content (AvgIpc) is 2.53. The van der Waals surface area contributed by atoms with E-state index in [1.54, 1.807) is 19.2 Å². The van der Waals surface area contributed by atoms with E-state index in [1.807, 2.05) is 24.3 Å². The van der Waals surface area contributed by atoms with Gasteiger partial charge in [0, 0.05) is 24.8 Å². The standard InChI is InChI=1S/C16H18N2O3/c1-18(13-6-3-11(10-17)4-7-13)16(20)12-5-8-15(21-2)14(19)9-12/h3-9,19H,10,17H2,1-2H3. The lowest BCUT2D eigenvalue weighted by atomic mass is 10.1. The summed E-state index contributed by atoms with van der Waals surface area (Å²) in [5, 5.41) is 9.75. The van der Waals surface area contributed by atoms with Crippen LogP contribution >= 0.6 is 0 Å². The summed E-state index contributed by atoms with van der Waals surface area (Å²) in [6.45, 7) is 0.463. The number of phenols is 1. The van der Waals surface area contributed by atoms with Crippen LogP contribution in [0, 0.1) is 0 Å². The first-order valence-electron chi connectivity index (χ1n) is 6.51. The lowest BCUT2D eigenvalue weighted by molar-refractivity contribution is 0.0992. The maximum atomic E-state index is 12.4. The molecule has 110 valence electrons. The number of hydrogen-bond acceptors (Lipinski definition) is 4. The van der Waals surface area contributed by atoms with Crippen LogP contribution in [-0.2, 0) is 6.54 Å². The molecule has 2 aromatic carbocycles. The van der Waals surface area contributed by atoms with Crippen molar-refractivity contribution in [1.82, 2.24) is 0 Å². The monoisotopic (exact) mass is 286 g/mol. The van der Waals surface area contributed by atoms with Crippen LogP contribution in [0.15, 0.2) is 42.5 Å². The zero-order valence-electron chi connectivity index (χ0n) is 12.0. The zero-order chi connectivity index (χ0) is 15.4. The number of aromatic hydroxyl groups is 1. The molecule has 0 radical (unpaired) electrons. The van der Waals surface area contributed by atoms with Gasteiger partial charge in [0.05, 0.1) is 7.11 Å². The second kappa shape index (κ2) is 6.28. The first-order valence-corrected chi connectivity index (χ1v) is 6.51. The smallest absolute Gasteiger partial charge is 0.258 e. The average molecular weight is 286 g/mol. The summed E-state index contributed by atoms with van der Waals surface area (Å²) < 4.78 is 4.96. The fourth-order valence-electron chi connectivity index (χ4n) is 1.99. The van der Waals surface area contributed by atoms with Gasteiger partial charge in [0.1, 0.15) is 0 Å². The molecule has 5 nitrogen and oxygen atoms in total. The molecule has 0 aliphatic rings. The molecule has 0 bridgehead atoms. The Bertz CT molecular complexity index is 638. The van der Waals surface area contributed by atoms with Crippen LogP contribution in [-0.4, -0.2) is 25.2 Å². The van der Waals surface area contributed by atoms with Crippen LogP contribution in [0.1, 0.15) is 15.9 Å². The number of amides is 1. The summed E-state index contributed by atoms with van der Waals surface area (Å²) in [6.07, 6.45) is 0. The van der Waals surface area contributed by atoms with Gasteiger partial charge in [-0.15, -0.1) is 0 Å². The second-order valence-corrected chi connectivity index (χ2v) is 4.62. The number of phenolic OH excluding ortho intramolecular Hbond substituents is 1. The van der Waals surface area contributed by atoms with Gasteiger partial charge in [0.15, 0.2) is 11.5 Å². The van der Waals surface area contributed by atoms with Crippen molar-refractivity contribution in [3.8, 4) is 11.5 Å².